The fourth-order valence-electron chi connectivity index (χ4n) is 2.15. The third-order valence-corrected chi connectivity index (χ3v) is 2.94. The van der Waals surface area contributed by atoms with Gasteiger partial charge in [-0.05, 0) is 29.0 Å². The molecule has 1 unspecified atom stereocenters. The Morgan fingerprint density at radius 3 is 2.76 bits per heavy atom. The molecule has 1 aliphatic heterocycles. The average molecular weight is 233 g/mol. The van der Waals surface area contributed by atoms with E-state index >= 15 is 0 Å². The molecule has 2 N–H and O–H groups in total. The monoisotopic (exact) mass is 233 g/mol. The minimum absolute atomic E-state index is 0.0301. The summed E-state index contributed by atoms with van der Waals surface area (Å²) < 4.78 is 0. The van der Waals surface area contributed by atoms with Crippen LogP contribution >= 0.6 is 0 Å². The number of carbonyl (C=O) groups is 1. The number of anilines is 1. The number of aliphatic hydroxyl groups excluding tert-OH is 1. The van der Waals surface area contributed by atoms with Crippen LogP contribution in [-0.2, 0) is 11.2 Å². The summed E-state index contributed by atoms with van der Waals surface area (Å²) >= 11 is 0. The topological polar surface area (TPSA) is 49.3 Å². The van der Waals surface area contributed by atoms with E-state index in [1.165, 1.54) is 0 Å². The second-order valence-corrected chi connectivity index (χ2v) is 5.92. The maximum Gasteiger partial charge on any atom is 0.228 e. The van der Waals surface area contributed by atoms with Crippen LogP contribution in [0, 0.1) is 5.41 Å². The molecule has 0 aromatic heterocycles. The van der Waals surface area contributed by atoms with Crippen molar-refractivity contribution < 1.29 is 9.90 Å². The molecule has 1 aromatic rings. The minimum atomic E-state index is -0.462. The van der Waals surface area contributed by atoms with Crippen molar-refractivity contribution in [3.8, 4) is 0 Å². The zero-order chi connectivity index (χ0) is 12.6. The van der Waals surface area contributed by atoms with Gasteiger partial charge >= 0.3 is 0 Å². The predicted molar refractivity (Wildman–Crippen MR) is 67.8 cm³/mol. The quantitative estimate of drug-likeness (QED) is 0.825. The van der Waals surface area contributed by atoms with Crippen molar-refractivity contribution in [2.75, 3.05) is 5.32 Å². The second-order valence-electron chi connectivity index (χ2n) is 5.92. The van der Waals surface area contributed by atoms with Crippen LogP contribution < -0.4 is 5.32 Å². The first kappa shape index (κ1) is 12.1. The molecule has 0 saturated carbocycles. The molecule has 92 valence electrons. The number of rotatable bonds is 2. The summed E-state index contributed by atoms with van der Waals surface area (Å²) in [5.74, 6) is 0.0301. The smallest absolute Gasteiger partial charge is 0.228 e. The Bertz CT molecular complexity index is 446. The van der Waals surface area contributed by atoms with Gasteiger partial charge in [-0.3, -0.25) is 4.79 Å². The van der Waals surface area contributed by atoms with E-state index in [4.69, 9.17) is 0 Å². The van der Waals surface area contributed by atoms with Gasteiger partial charge in [0.2, 0.25) is 5.91 Å². The third-order valence-electron chi connectivity index (χ3n) is 2.94. The van der Waals surface area contributed by atoms with Crippen molar-refractivity contribution in [2.45, 2.75) is 39.7 Å². The molecular formula is C14H19NO2. The summed E-state index contributed by atoms with van der Waals surface area (Å²) in [6, 6.07) is 5.70. The van der Waals surface area contributed by atoms with Gasteiger partial charge in [0.25, 0.3) is 0 Å². The lowest BCUT2D eigenvalue weighted by Crippen LogP contribution is -2.11. The lowest BCUT2D eigenvalue weighted by Gasteiger charge is -2.22. The van der Waals surface area contributed by atoms with E-state index in [1.807, 2.05) is 18.2 Å². The zero-order valence-corrected chi connectivity index (χ0v) is 10.6. The maximum absolute atomic E-state index is 11.2. The van der Waals surface area contributed by atoms with E-state index in [1.54, 1.807) is 0 Å². The molecule has 0 spiro atoms. The fourth-order valence-corrected chi connectivity index (χ4v) is 2.15. The molecule has 1 atom stereocenters. The number of amides is 1. The van der Waals surface area contributed by atoms with Crippen molar-refractivity contribution in [1.82, 2.24) is 0 Å². The van der Waals surface area contributed by atoms with Crippen molar-refractivity contribution in [1.29, 1.82) is 0 Å². The Morgan fingerprint density at radius 1 is 1.41 bits per heavy atom. The van der Waals surface area contributed by atoms with Gasteiger partial charge in [-0.25, -0.2) is 0 Å². The molecule has 0 bridgehead atoms. The molecule has 1 amide bonds. The standard InChI is InChI=1S/C14H19NO2/c1-14(2,3)8-12(16)9-4-5-11-10(6-9)7-13(17)15-11/h4-6,12,16H,7-8H2,1-3H3,(H,15,17). The molecule has 0 saturated heterocycles. The predicted octanol–water partition coefficient (Wildman–Crippen LogP) is 2.65. The lowest BCUT2D eigenvalue weighted by atomic mass is 9.86. The fraction of sp³-hybridized carbons (Fsp3) is 0.500. The van der Waals surface area contributed by atoms with E-state index < -0.39 is 6.10 Å². The van der Waals surface area contributed by atoms with Gasteiger partial charge in [0, 0.05) is 5.69 Å². The van der Waals surface area contributed by atoms with Crippen LogP contribution in [0.25, 0.3) is 0 Å². The number of aliphatic hydroxyl groups is 1. The number of benzene rings is 1. The van der Waals surface area contributed by atoms with E-state index in [0.717, 1.165) is 16.8 Å². The molecule has 0 radical (unpaired) electrons. The maximum atomic E-state index is 11.2. The summed E-state index contributed by atoms with van der Waals surface area (Å²) in [6.07, 6.45) is 0.675. The van der Waals surface area contributed by atoms with E-state index in [9.17, 15) is 9.90 Å². The Hall–Kier alpha value is -1.35. The van der Waals surface area contributed by atoms with Gasteiger partial charge in [0.15, 0.2) is 0 Å². The zero-order valence-electron chi connectivity index (χ0n) is 10.6. The van der Waals surface area contributed by atoms with Crippen LogP contribution in [-0.4, -0.2) is 11.0 Å². The Balaban J connectivity index is 2.18. The van der Waals surface area contributed by atoms with Crippen LogP contribution in [0.5, 0.6) is 0 Å². The number of hydrogen-bond acceptors (Lipinski definition) is 2. The van der Waals surface area contributed by atoms with Crippen molar-refractivity contribution >= 4 is 11.6 Å². The number of carbonyl (C=O) groups excluding carboxylic acids is 1. The van der Waals surface area contributed by atoms with Crippen molar-refractivity contribution in [3.05, 3.63) is 29.3 Å². The van der Waals surface area contributed by atoms with Crippen LogP contribution in [0.3, 0.4) is 0 Å². The SMILES string of the molecule is CC(C)(C)CC(O)c1ccc2c(c1)CC(=O)N2. The first-order valence-corrected chi connectivity index (χ1v) is 5.96. The highest BCUT2D eigenvalue weighted by Crippen LogP contribution is 2.32. The van der Waals surface area contributed by atoms with Crippen molar-refractivity contribution in [3.63, 3.8) is 0 Å². The molecule has 17 heavy (non-hydrogen) atoms. The highest BCUT2D eigenvalue weighted by molar-refractivity contribution is 5.99. The Morgan fingerprint density at radius 2 is 2.12 bits per heavy atom. The molecule has 3 heteroatoms. The molecule has 0 aliphatic carbocycles. The van der Waals surface area contributed by atoms with Gasteiger partial charge in [-0.1, -0.05) is 32.9 Å². The van der Waals surface area contributed by atoms with Crippen LogP contribution in [0.1, 0.15) is 44.4 Å². The van der Waals surface area contributed by atoms with Crippen LogP contribution in [0.2, 0.25) is 0 Å². The first-order valence-electron chi connectivity index (χ1n) is 5.96. The Labute approximate surface area is 102 Å². The normalized spacial score (nSPS) is 16.6. The average Bonchev–Trinajstić information content (AvgIpc) is 2.53. The highest BCUT2D eigenvalue weighted by Gasteiger charge is 2.22. The molecule has 1 aromatic carbocycles. The first-order chi connectivity index (χ1) is 7.85. The summed E-state index contributed by atoms with van der Waals surface area (Å²) in [5, 5.41) is 12.9. The summed E-state index contributed by atoms with van der Waals surface area (Å²) in [7, 11) is 0. The van der Waals surface area contributed by atoms with Gasteiger partial charge in [0.1, 0.15) is 0 Å². The molecule has 0 fully saturated rings. The molecule has 3 nitrogen and oxygen atoms in total. The van der Waals surface area contributed by atoms with Gasteiger partial charge in [-0.2, -0.15) is 0 Å². The van der Waals surface area contributed by atoms with E-state index in [0.29, 0.717) is 12.8 Å². The van der Waals surface area contributed by atoms with Gasteiger partial charge < -0.3 is 10.4 Å². The van der Waals surface area contributed by atoms with Crippen LogP contribution in [0.4, 0.5) is 5.69 Å². The summed E-state index contributed by atoms with van der Waals surface area (Å²) in [6.45, 7) is 6.32. The third kappa shape index (κ3) is 2.86. The summed E-state index contributed by atoms with van der Waals surface area (Å²) in [4.78, 5) is 11.2. The molecular weight excluding hydrogens is 214 g/mol. The van der Waals surface area contributed by atoms with E-state index in [-0.39, 0.29) is 11.3 Å². The van der Waals surface area contributed by atoms with E-state index in [2.05, 4.69) is 26.1 Å². The number of fused-ring (bicyclic) bond motifs is 1. The second kappa shape index (κ2) is 4.15. The van der Waals surface area contributed by atoms with Gasteiger partial charge in [0.05, 0.1) is 12.5 Å². The molecule has 1 heterocycles. The highest BCUT2D eigenvalue weighted by atomic mass is 16.3. The number of nitrogens with one attached hydrogen (secondary N) is 1. The van der Waals surface area contributed by atoms with Crippen LogP contribution in [0.15, 0.2) is 18.2 Å². The molecule has 2 rings (SSSR count). The van der Waals surface area contributed by atoms with Crippen molar-refractivity contribution in [2.24, 2.45) is 5.41 Å². The largest absolute Gasteiger partial charge is 0.388 e. The number of hydrogen-bond donors (Lipinski definition) is 2. The lowest BCUT2D eigenvalue weighted by molar-refractivity contribution is -0.115. The molecule has 1 aliphatic rings. The Kier molecular flexibility index (Phi) is 2.96. The minimum Gasteiger partial charge on any atom is -0.388 e. The van der Waals surface area contributed by atoms with Gasteiger partial charge in [-0.15, -0.1) is 0 Å². The summed E-state index contributed by atoms with van der Waals surface area (Å²) in [5.41, 5.74) is 2.85.